The van der Waals surface area contributed by atoms with E-state index in [0.29, 0.717) is 13.2 Å². The first kappa shape index (κ1) is 17.1. The normalized spacial score (nSPS) is 12.9. The molecule has 0 radical (unpaired) electrons. The molecule has 8 heteroatoms. The summed E-state index contributed by atoms with van der Waals surface area (Å²) in [5, 5.41) is 2.57. The summed E-state index contributed by atoms with van der Waals surface area (Å²) < 4.78 is 32.0. The SMILES string of the molecule is COCCNC(=O)[C@H](C)NS(=O)(=O)c1ccc(Br)cc1. The van der Waals surface area contributed by atoms with E-state index in [-0.39, 0.29) is 4.90 Å². The lowest BCUT2D eigenvalue weighted by Crippen LogP contribution is -2.45. The zero-order valence-corrected chi connectivity index (χ0v) is 13.6. The minimum atomic E-state index is -3.71. The van der Waals surface area contributed by atoms with E-state index in [9.17, 15) is 13.2 Å². The van der Waals surface area contributed by atoms with Gasteiger partial charge in [0.1, 0.15) is 0 Å². The summed E-state index contributed by atoms with van der Waals surface area (Å²) in [5.74, 6) is -0.400. The Morgan fingerprint density at radius 1 is 1.35 bits per heavy atom. The molecule has 0 spiro atoms. The fourth-order valence-corrected chi connectivity index (χ4v) is 2.86. The summed E-state index contributed by atoms with van der Waals surface area (Å²) in [5.41, 5.74) is 0. The van der Waals surface area contributed by atoms with E-state index < -0.39 is 22.0 Å². The molecule has 0 saturated carbocycles. The Bertz CT molecular complexity index is 545. The molecular formula is C12H17BrN2O4S. The average Bonchev–Trinajstić information content (AvgIpc) is 2.38. The van der Waals surface area contributed by atoms with Crippen LogP contribution in [0.5, 0.6) is 0 Å². The quantitative estimate of drug-likeness (QED) is 0.703. The number of carbonyl (C=O) groups excluding carboxylic acids is 1. The Hall–Kier alpha value is -0.960. The van der Waals surface area contributed by atoms with Crippen LogP contribution in [0.3, 0.4) is 0 Å². The maximum absolute atomic E-state index is 12.1. The van der Waals surface area contributed by atoms with Crippen molar-refractivity contribution in [3.8, 4) is 0 Å². The maximum Gasteiger partial charge on any atom is 0.241 e. The number of amides is 1. The molecule has 1 amide bonds. The van der Waals surface area contributed by atoms with Crippen LogP contribution in [0.25, 0.3) is 0 Å². The number of sulfonamides is 1. The first-order valence-electron chi connectivity index (χ1n) is 5.91. The number of halogens is 1. The van der Waals surface area contributed by atoms with E-state index in [1.54, 1.807) is 12.1 Å². The van der Waals surface area contributed by atoms with Crippen LogP contribution in [0, 0.1) is 0 Å². The summed E-state index contributed by atoms with van der Waals surface area (Å²) in [4.78, 5) is 11.8. The van der Waals surface area contributed by atoms with Crippen LogP contribution in [0.2, 0.25) is 0 Å². The molecule has 0 unspecified atom stereocenters. The molecule has 0 saturated heterocycles. The Labute approximate surface area is 127 Å². The number of methoxy groups -OCH3 is 1. The predicted molar refractivity (Wildman–Crippen MR) is 78.8 cm³/mol. The molecule has 1 aromatic rings. The number of hydrogen-bond acceptors (Lipinski definition) is 4. The van der Waals surface area contributed by atoms with Gasteiger partial charge in [-0.05, 0) is 31.2 Å². The molecule has 0 aliphatic carbocycles. The third kappa shape index (κ3) is 5.20. The van der Waals surface area contributed by atoms with Gasteiger partial charge in [-0.1, -0.05) is 15.9 Å². The average molecular weight is 365 g/mol. The minimum absolute atomic E-state index is 0.109. The number of nitrogens with one attached hydrogen (secondary N) is 2. The van der Waals surface area contributed by atoms with Crippen LogP contribution < -0.4 is 10.0 Å². The third-order valence-electron chi connectivity index (χ3n) is 2.45. The van der Waals surface area contributed by atoms with Crippen molar-refractivity contribution in [3.05, 3.63) is 28.7 Å². The number of hydrogen-bond donors (Lipinski definition) is 2. The molecule has 0 aliphatic heterocycles. The molecule has 20 heavy (non-hydrogen) atoms. The van der Waals surface area contributed by atoms with Gasteiger partial charge in [0.2, 0.25) is 15.9 Å². The molecule has 0 aliphatic rings. The number of rotatable bonds is 7. The zero-order valence-electron chi connectivity index (χ0n) is 11.2. The van der Waals surface area contributed by atoms with Crippen LogP contribution in [0.1, 0.15) is 6.92 Å². The van der Waals surface area contributed by atoms with E-state index in [1.807, 2.05) is 0 Å². The molecular weight excluding hydrogens is 348 g/mol. The highest BCUT2D eigenvalue weighted by Crippen LogP contribution is 2.14. The fourth-order valence-electron chi connectivity index (χ4n) is 1.40. The summed E-state index contributed by atoms with van der Waals surface area (Å²) in [7, 11) is -2.20. The van der Waals surface area contributed by atoms with E-state index in [4.69, 9.17) is 4.74 Å². The standard InChI is InChI=1S/C12H17BrN2O4S/c1-9(12(16)14-7-8-19-2)15-20(17,18)11-5-3-10(13)4-6-11/h3-6,9,15H,7-8H2,1-2H3,(H,14,16)/t9-/m0/s1. The van der Waals surface area contributed by atoms with Gasteiger partial charge in [-0.2, -0.15) is 4.72 Å². The molecule has 0 bridgehead atoms. The molecule has 1 atom stereocenters. The summed E-state index contributed by atoms with van der Waals surface area (Å²) in [6, 6.07) is 5.31. The van der Waals surface area contributed by atoms with Crippen LogP contribution in [-0.2, 0) is 19.6 Å². The van der Waals surface area contributed by atoms with Crippen molar-refractivity contribution < 1.29 is 17.9 Å². The van der Waals surface area contributed by atoms with Crippen molar-refractivity contribution in [1.82, 2.24) is 10.0 Å². The Morgan fingerprint density at radius 3 is 2.50 bits per heavy atom. The molecule has 112 valence electrons. The summed E-state index contributed by atoms with van der Waals surface area (Å²) in [6.07, 6.45) is 0. The topological polar surface area (TPSA) is 84.5 Å². The molecule has 1 rings (SSSR count). The van der Waals surface area contributed by atoms with Crippen molar-refractivity contribution in [2.24, 2.45) is 0 Å². The zero-order chi connectivity index (χ0) is 15.2. The van der Waals surface area contributed by atoms with Gasteiger partial charge in [0.25, 0.3) is 0 Å². The second-order valence-corrected chi connectivity index (χ2v) is 6.71. The monoisotopic (exact) mass is 364 g/mol. The number of benzene rings is 1. The Balaban J connectivity index is 2.66. The minimum Gasteiger partial charge on any atom is -0.383 e. The largest absolute Gasteiger partial charge is 0.383 e. The number of carbonyl (C=O) groups is 1. The van der Waals surface area contributed by atoms with Crippen LogP contribution in [-0.4, -0.2) is 40.6 Å². The highest BCUT2D eigenvalue weighted by atomic mass is 79.9. The predicted octanol–water partition coefficient (Wildman–Crippen LogP) is 0.878. The van der Waals surface area contributed by atoms with Gasteiger partial charge in [0.05, 0.1) is 17.5 Å². The van der Waals surface area contributed by atoms with Crippen molar-refractivity contribution in [1.29, 1.82) is 0 Å². The van der Waals surface area contributed by atoms with Gasteiger partial charge in [0.15, 0.2) is 0 Å². The van der Waals surface area contributed by atoms with Crippen molar-refractivity contribution in [2.75, 3.05) is 20.3 Å². The second-order valence-electron chi connectivity index (χ2n) is 4.08. The molecule has 0 heterocycles. The van der Waals surface area contributed by atoms with Gasteiger partial charge in [-0.15, -0.1) is 0 Å². The molecule has 0 fully saturated rings. The lowest BCUT2D eigenvalue weighted by molar-refractivity contribution is -0.122. The highest BCUT2D eigenvalue weighted by Gasteiger charge is 2.21. The molecule has 1 aromatic carbocycles. The van der Waals surface area contributed by atoms with Crippen molar-refractivity contribution >= 4 is 31.9 Å². The smallest absolute Gasteiger partial charge is 0.241 e. The van der Waals surface area contributed by atoms with E-state index in [2.05, 4.69) is 26.0 Å². The maximum atomic E-state index is 12.1. The third-order valence-corrected chi connectivity index (χ3v) is 4.54. The van der Waals surface area contributed by atoms with Gasteiger partial charge >= 0.3 is 0 Å². The van der Waals surface area contributed by atoms with Crippen LogP contribution >= 0.6 is 15.9 Å². The van der Waals surface area contributed by atoms with Crippen LogP contribution in [0.15, 0.2) is 33.6 Å². The van der Waals surface area contributed by atoms with Gasteiger partial charge in [-0.25, -0.2) is 8.42 Å². The fraction of sp³-hybridized carbons (Fsp3) is 0.417. The summed E-state index contributed by atoms with van der Waals surface area (Å²) in [6.45, 7) is 2.19. The number of ether oxygens (including phenoxy) is 1. The summed E-state index contributed by atoms with van der Waals surface area (Å²) >= 11 is 3.23. The van der Waals surface area contributed by atoms with Crippen molar-refractivity contribution in [2.45, 2.75) is 17.9 Å². The lowest BCUT2D eigenvalue weighted by atomic mass is 10.3. The second kappa shape index (κ2) is 7.72. The van der Waals surface area contributed by atoms with Gasteiger partial charge < -0.3 is 10.1 Å². The van der Waals surface area contributed by atoms with Crippen molar-refractivity contribution in [3.63, 3.8) is 0 Å². The molecule has 6 nitrogen and oxygen atoms in total. The molecule has 2 N–H and O–H groups in total. The van der Waals surface area contributed by atoms with E-state index >= 15 is 0 Å². The lowest BCUT2D eigenvalue weighted by Gasteiger charge is -2.14. The first-order valence-corrected chi connectivity index (χ1v) is 8.19. The van der Waals surface area contributed by atoms with E-state index in [1.165, 1.54) is 26.2 Å². The highest BCUT2D eigenvalue weighted by molar-refractivity contribution is 9.10. The Kier molecular flexibility index (Phi) is 6.60. The first-order chi connectivity index (χ1) is 9.36. The molecule has 0 aromatic heterocycles. The van der Waals surface area contributed by atoms with E-state index in [0.717, 1.165) is 4.47 Å². The van der Waals surface area contributed by atoms with Gasteiger partial charge in [-0.3, -0.25) is 4.79 Å². The van der Waals surface area contributed by atoms with Crippen LogP contribution in [0.4, 0.5) is 0 Å². The Morgan fingerprint density at radius 2 is 1.95 bits per heavy atom. The van der Waals surface area contributed by atoms with Gasteiger partial charge in [0, 0.05) is 18.1 Å².